The summed E-state index contributed by atoms with van der Waals surface area (Å²) in [5, 5.41) is 11.2. The number of aryl methyl sites for hydroxylation is 1. The summed E-state index contributed by atoms with van der Waals surface area (Å²) in [6.45, 7) is 5.29. The van der Waals surface area contributed by atoms with Gasteiger partial charge in [0.05, 0.1) is 0 Å². The average molecular weight is 265 g/mol. The summed E-state index contributed by atoms with van der Waals surface area (Å²) in [5.41, 5.74) is 0.551. The van der Waals surface area contributed by atoms with Crippen LogP contribution in [0.5, 0.6) is 0 Å². The molecule has 0 spiro atoms. The summed E-state index contributed by atoms with van der Waals surface area (Å²) in [6, 6.07) is 3.18. The summed E-state index contributed by atoms with van der Waals surface area (Å²) >= 11 is 5.13. The first kappa shape index (κ1) is 12.7. The summed E-state index contributed by atoms with van der Waals surface area (Å²) < 4.78 is 3.86. The van der Waals surface area contributed by atoms with E-state index in [-0.39, 0.29) is 5.56 Å². The molecule has 0 fully saturated rings. The van der Waals surface area contributed by atoms with E-state index in [2.05, 4.69) is 15.3 Å². The Morgan fingerprint density at radius 3 is 2.83 bits per heavy atom. The Bertz CT molecular complexity index is 654. The summed E-state index contributed by atoms with van der Waals surface area (Å²) in [4.78, 5) is 11.6. The first-order valence-corrected chi connectivity index (χ1v) is 6.32. The van der Waals surface area contributed by atoms with Gasteiger partial charge in [0.2, 0.25) is 0 Å². The normalized spacial score (nSPS) is 10.8. The number of H-pyrrole nitrogens is 1. The van der Waals surface area contributed by atoms with Crippen LogP contribution in [0.1, 0.15) is 20.3 Å². The summed E-state index contributed by atoms with van der Waals surface area (Å²) in [6.07, 6.45) is 0.858. The van der Waals surface area contributed by atoms with Gasteiger partial charge in [0.25, 0.3) is 5.56 Å². The van der Waals surface area contributed by atoms with Crippen LogP contribution in [-0.2, 0) is 13.1 Å². The molecule has 0 saturated heterocycles. The Morgan fingerprint density at radius 2 is 2.17 bits per heavy atom. The van der Waals surface area contributed by atoms with Gasteiger partial charge in [-0.2, -0.15) is 10.2 Å². The van der Waals surface area contributed by atoms with Gasteiger partial charge in [-0.15, -0.1) is 0 Å². The van der Waals surface area contributed by atoms with Crippen molar-refractivity contribution in [3.05, 3.63) is 27.3 Å². The van der Waals surface area contributed by atoms with E-state index in [0.717, 1.165) is 6.42 Å². The second-order valence-electron chi connectivity index (χ2n) is 3.88. The van der Waals surface area contributed by atoms with Gasteiger partial charge in [-0.3, -0.25) is 14.5 Å². The van der Waals surface area contributed by atoms with E-state index in [1.165, 1.54) is 10.7 Å². The van der Waals surface area contributed by atoms with Gasteiger partial charge >= 0.3 is 0 Å². The molecule has 0 atom stereocenters. The minimum atomic E-state index is -0.0993. The fraction of sp³-hybridized carbons (Fsp3) is 0.455. The van der Waals surface area contributed by atoms with Crippen molar-refractivity contribution in [3.8, 4) is 11.5 Å². The zero-order valence-electron chi connectivity index (χ0n) is 10.4. The molecule has 2 rings (SSSR count). The first-order valence-electron chi connectivity index (χ1n) is 5.91. The van der Waals surface area contributed by atoms with Crippen molar-refractivity contribution in [3.63, 3.8) is 0 Å². The molecule has 96 valence electrons. The highest BCUT2D eigenvalue weighted by atomic mass is 32.1. The molecule has 0 saturated carbocycles. The molecule has 7 heteroatoms. The van der Waals surface area contributed by atoms with Gasteiger partial charge in [0.1, 0.15) is 5.69 Å². The fourth-order valence-corrected chi connectivity index (χ4v) is 2.01. The molecule has 0 aliphatic rings. The van der Waals surface area contributed by atoms with Crippen LogP contribution in [0.2, 0.25) is 0 Å². The highest BCUT2D eigenvalue weighted by Gasteiger charge is 2.10. The van der Waals surface area contributed by atoms with Crippen LogP contribution < -0.4 is 5.56 Å². The Labute approximate surface area is 109 Å². The quantitative estimate of drug-likeness (QED) is 0.852. The molecule has 0 unspecified atom stereocenters. The highest BCUT2D eigenvalue weighted by Crippen LogP contribution is 2.12. The van der Waals surface area contributed by atoms with Crippen molar-refractivity contribution in [2.75, 3.05) is 0 Å². The zero-order chi connectivity index (χ0) is 13.1. The Hall–Kier alpha value is -1.76. The number of aromatic amines is 1. The lowest BCUT2D eigenvalue weighted by atomic mass is 10.3. The van der Waals surface area contributed by atoms with E-state index >= 15 is 0 Å². The molecule has 2 heterocycles. The minimum Gasteiger partial charge on any atom is -0.299 e. The number of nitrogens with one attached hydrogen (secondary N) is 1. The largest absolute Gasteiger partial charge is 0.299 e. The number of aromatic nitrogens is 5. The Kier molecular flexibility index (Phi) is 3.71. The molecule has 2 aromatic rings. The van der Waals surface area contributed by atoms with Crippen LogP contribution in [0.15, 0.2) is 16.9 Å². The Morgan fingerprint density at radius 1 is 1.39 bits per heavy atom. The second-order valence-corrected chi connectivity index (χ2v) is 4.26. The number of hydrogen-bond donors (Lipinski definition) is 1. The van der Waals surface area contributed by atoms with Crippen LogP contribution in [0.3, 0.4) is 0 Å². The third-order valence-corrected chi connectivity index (χ3v) is 2.92. The predicted molar refractivity (Wildman–Crippen MR) is 70.9 cm³/mol. The molecule has 0 radical (unpaired) electrons. The van der Waals surface area contributed by atoms with Crippen molar-refractivity contribution in [2.24, 2.45) is 0 Å². The zero-order valence-corrected chi connectivity index (χ0v) is 11.2. The highest BCUT2D eigenvalue weighted by molar-refractivity contribution is 7.71. The number of rotatable bonds is 4. The average Bonchev–Trinajstić information content (AvgIpc) is 2.73. The van der Waals surface area contributed by atoms with Gasteiger partial charge in [-0.05, 0) is 31.6 Å². The second kappa shape index (κ2) is 5.26. The molecule has 0 bridgehead atoms. The molecule has 6 nitrogen and oxygen atoms in total. The van der Waals surface area contributed by atoms with Crippen molar-refractivity contribution in [1.29, 1.82) is 0 Å². The first-order chi connectivity index (χ1) is 8.67. The predicted octanol–water partition coefficient (Wildman–Crippen LogP) is 1.59. The molecular formula is C11H15N5OS. The maximum atomic E-state index is 11.6. The van der Waals surface area contributed by atoms with E-state index < -0.39 is 0 Å². The van der Waals surface area contributed by atoms with Gasteiger partial charge in [0.15, 0.2) is 10.6 Å². The van der Waals surface area contributed by atoms with Crippen molar-refractivity contribution in [2.45, 2.75) is 33.4 Å². The number of hydrogen-bond acceptors (Lipinski definition) is 4. The summed E-state index contributed by atoms with van der Waals surface area (Å²) in [7, 11) is 0. The van der Waals surface area contributed by atoms with Crippen LogP contribution in [0.4, 0.5) is 0 Å². The Balaban J connectivity index is 2.54. The lowest BCUT2D eigenvalue weighted by Gasteiger charge is -2.06. The van der Waals surface area contributed by atoms with Crippen molar-refractivity contribution < 1.29 is 0 Å². The van der Waals surface area contributed by atoms with E-state index in [4.69, 9.17) is 12.2 Å². The van der Waals surface area contributed by atoms with Crippen LogP contribution in [0.25, 0.3) is 11.5 Å². The fourth-order valence-electron chi connectivity index (χ4n) is 1.75. The van der Waals surface area contributed by atoms with Gasteiger partial charge in [-0.25, -0.2) is 4.68 Å². The minimum absolute atomic E-state index is 0.0993. The molecule has 0 aliphatic carbocycles. The molecule has 0 amide bonds. The standard InChI is InChI=1S/C11H15N5OS/c1-3-7-16-9(17)6-5-8(14-16)10-12-13-11(18)15(10)4-2/h5-6H,3-4,7H2,1-2H3,(H,13,18). The lowest BCUT2D eigenvalue weighted by Crippen LogP contribution is -2.22. The molecule has 18 heavy (non-hydrogen) atoms. The molecular weight excluding hydrogens is 250 g/mol. The molecule has 1 N–H and O–H groups in total. The molecule has 0 aliphatic heterocycles. The molecule has 0 aromatic carbocycles. The number of nitrogens with zero attached hydrogens (tertiary/aromatic N) is 4. The monoisotopic (exact) mass is 265 g/mol. The maximum Gasteiger partial charge on any atom is 0.266 e. The topological polar surface area (TPSA) is 68.5 Å². The van der Waals surface area contributed by atoms with Crippen molar-refractivity contribution >= 4 is 12.2 Å². The van der Waals surface area contributed by atoms with E-state index in [1.54, 1.807) is 6.07 Å². The third-order valence-electron chi connectivity index (χ3n) is 2.61. The van der Waals surface area contributed by atoms with E-state index in [0.29, 0.717) is 29.4 Å². The summed E-state index contributed by atoms with van der Waals surface area (Å²) in [5.74, 6) is 0.660. The smallest absolute Gasteiger partial charge is 0.266 e. The lowest BCUT2D eigenvalue weighted by molar-refractivity contribution is 0.568. The van der Waals surface area contributed by atoms with Crippen LogP contribution >= 0.6 is 12.2 Å². The maximum absolute atomic E-state index is 11.6. The molecule has 2 aromatic heterocycles. The van der Waals surface area contributed by atoms with Crippen LogP contribution in [-0.4, -0.2) is 24.5 Å². The van der Waals surface area contributed by atoms with Crippen LogP contribution in [0, 0.1) is 4.77 Å². The van der Waals surface area contributed by atoms with E-state index in [9.17, 15) is 4.79 Å². The van der Waals surface area contributed by atoms with E-state index in [1.807, 2.05) is 18.4 Å². The van der Waals surface area contributed by atoms with Gasteiger partial charge < -0.3 is 0 Å². The third kappa shape index (κ3) is 2.26. The van der Waals surface area contributed by atoms with Gasteiger partial charge in [0, 0.05) is 19.2 Å². The van der Waals surface area contributed by atoms with Crippen molar-refractivity contribution in [1.82, 2.24) is 24.5 Å². The van der Waals surface area contributed by atoms with Gasteiger partial charge in [-0.1, -0.05) is 6.92 Å². The SMILES string of the molecule is CCCn1nc(-c2n[nH]c(=S)n2CC)ccc1=O.